The van der Waals surface area contributed by atoms with Crippen molar-refractivity contribution in [2.45, 2.75) is 37.3 Å². The van der Waals surface area contributed by atoms with Gasteiger partial charge in [0.05, 0.1) is 5.60 Å². The summed E-state index contributed by atoms with van der Waals surface area (Å²) in [6, 6.07) is 6.62. The maximum absolute atomic E-state index is 10.7. The molecule has 1 saturated carbocycles. The highest BCUT2D eigenvalue weighted by atomic mass is 79.9. The third-order valence-electron chi connectivity index (χ3n) is 3.96. The molecule has 1 aliphatic heterocycles. The van der Waals surface area contributed by atoms with E-state index in [0.29, 0.717) is 6.42 Å². The van der Waals surface area contributed by atoms with Gasteiger partial charge in [0.1, 0.15) is 0 Å². The lowest BCUT2D eigenvalue weighted by Crippen LogP contribution is -2.36. The van der Waals surface area contributed by atoms with E-state index in [0.717, 1.165) is 40.6 Å². The Bertz CT molecular complexity index is 463. The largest absolute Gasteiger partial charge is 0.388 e. The summed E-state index contributed by atoms with van der Waals surface area (Å²) in [4.78, 5) is 2.42. The molecule has 0 radical (unpaired) electrons. The Balaban J connectivity index is 1.71. The zero-order valence-corrected chi connectivity index (χ0v) is 12.5. The topological polar surface area (TPSA) is 23.5 Å². The van der Waals surface area contributed by atoms with Crippen LogP contribution in [0, 0.1) is 0 Å². The van der Waals surface area contributed by atoms with Crippen LogP contribution in [0.15, 0.2) is 22.7 Å². The fourth-order valence-corrected chi connectivity index (χ4v) is 3.54. The summed E-state index contributed by atoms with van der Waals surface area (Å²) in [6.45, 7) is 1.82. The Hall–Kier alpha value is -0.0900. The average Bonchev–Trinajstić information content (AvgIpc) is 3.08. The normalized spacial score (nSPS) is 28.8. The molecule has 3 rings (SSSR count). The van der Waals surface area contributed by atoms with E-state index in [4.69, 9.17) is 11.6 Å². The first-order valence-electron chi connectivity index (χ1n) is 6.46. The summed E-state index contributed by atoms with van der Waals surface area (Å²) in [7, 11) is 0. The molecule has 0 aromatic heterocycles. The molecule has 98 valence electrons. The first-order valence-corrected chi connectivity index (χ1v) is 7.63. The zero-order valence-electron chi connectivity index (χ0n) is 10.2. The van der Waals surface area contributed by atoms with Crippen LogP contribution in [0.1, 0.15) is 24.8 Å². The molecule has 0 amide bonds. The monoisotopic (exact) mass is 329 g/mol. The van der Waals surface area contributed by atoms with Crippen molar-refractivity contribution in [3.63, 3.8) is 0 Å². The van der Waals surface area contributed by atoms with Gasteiger partial charge in [0.25, 0.3) is 0 Å². The van der Waals surface area contributed by atoms with Crippen LogP contribution in [-0.4, -0.2) is 34.7 Å². The maximum atomic E-state index is 10.7. The van der Waals surface area contributed by atoms with Crippen LogP contribution >= 0.6 is 27.5 Å². The van der Waals surface area contributed by atoms with Crippen LogP contribution < -0.4 is 0 Å². The molecule has 1 aromatic carbocycles. The molecule has 2 aliphatic rings. The highest BCUT2D eigenvalue weighted by molar-refractivity contribution is 9.10. The van der Waals surface area contributed by atoms with Crippen molar-refractivity contribution in [2.75, 3.05) is 13.1 Å². The molecule has 2 nitrogen and oxygen atoms in total. The Morgan fingerprint density at radius 2 is 2.22 bits per heavy atom. The molecule has 1 N–H and O–H groups in total. The second kappa shape index (κ2) is 4.78. The lowest BCUT2D eigenvalue weighted by Gasteiger charge is -2.24. The van der Waals surface area contributed by atoms with Gasteiger partial charge in [-0.2, -0.15) is 0 Å². The van der Waals surface area contributed by atoms with Crippen molar-refractivity contribution in [1.29, 1.82) is 0 Å². The summed E-state index contributed by atoms with van der Waals surface area (Å²) in [5.74, 6) is 0. The highest BCUT2D eigenvalue weighted by Crippen LogP contribution is 2.36. The van der Waals surface area contributed by atoms with E-state index in [1.807, 2.05) is 18.2 Å². The number of nitrogens with zero attached hydrogens (tertiary/aromatic N) is 1. The van der Waals surface area contributed by atoms with Crippen molar-refractivity contribution in [3.05, 3.63) is 33.3 Å². The Labute approximate surface area is 121 Å². The van der Waals surface area contributed by atoms with Gasteiger partial charge in [-0.05, 0) is 37.0 Å². The summed E-state index contributed by atoms with van der Waals surface area (Å²) in [5, 5.41) is 11.4. The molecule has 1 aliphatic carbocycles. The molecule has 1 saturated heterocycles. The molecule has 0 bridgehead atoms. The Kier molecular flexibility index (Phi) is 3.43. The van der Waals surface area contributed by atoms with Gasteiger partial charge in [0, 0.05) is 35.0 Å². The van der Waals surface area contributed by atoms with E-state index in [1.54, 1.807) is 0 Å². The predicted octanol–water partition coefficient (Wildman–Crippen LogP) is 3.24. The van der Waals surface area contributed by atoms with Crippen molar-refractivity contribution in [3.8, 4) is 0 Å². The van der Waals surface area contributed by atoms with Crippen molar-refractivity contribution in [2.24, 2.45) is 0 Å². The minimum Gasteiger partial charge on any atom is -0.388 e. The minimum absolute atomic E-state index is 0.597. The zero-order chi connectivity index (χ0) is 12.8. The van der Waals surface area contributed by atoms with Gasteiger partial charge in [0.15, 0.2) is 0 Å². The van der Waals surface area contributed by atoms with Crippen molar-refractivity contribution < 1.29 is 5.11 Å². The molecule has 0 spiro atoms. The highest BCUT2D eigenvalue weighted by Gasteiger charge is 2.42. The maximum Gasteiger partial charge on any atom is 0.0827 e. The summed E-state index contributed by atoms with van der Waals surface area (Å²) in [6.07, 6.45) is 4.11. The molecule has 1 atom stereocenters. The lowest BCUT2D eigenvalue weighted by molar-refractivity contribution is 0.0487. The van der Waals surface area contributed by atoms with Crippen LogP contribution in [0.3, 0.4) is 0 Å². The van der Waals surface area contributed by atoms with Gasteiger partial charge >= 0.3 is 0 Å². The third-order valence-corrected chi connectivity index (χ3v) is 4.80. The Morgan fingerprint density at radius 3 is 2.89 bits per heavy atom. The summed E-state index contributed by atoms with van der Waals surface area (Å²) >= 11 is 9.63. The molecule has 1 heterocycles. The van der Waals surface area contributed by atoms with Crippen LogP contribution in [0.5, 0.6) is 0 Å². The second-order valence-corrected chi connectivity index (χ2v) is 6.91. The molecular weight excluding hydrogens is 314 g/mol. The fraction of sp³-hybridized carbons (Fsp3) is 0.571. The van der Waals surface area contributed by atoms with Gasteiger partial charge in [-0.15, -0.1) is 0 Å². The smallest absolute Gasteiger partial charge is 0.0827 e. The predicted molar refractivity (Wildman–Crippen MR) is 77.0 cm³/mol. The van der Waals surface area contributed by atoms with E-state index in [2.05, 4.69) is 20.8 Å². The number of β-amino-alcohol motifs (C(OH)–C–C–N with tert-alkyl or cyclic N) is 1. The molecular formula is C14H17BrClNO. The number of hydrogen-bond acceptors (Lipinski definition) is 2. The van der Waals surface area contributed by atoms with E-state index in [-0.39, 0.29) is 0 Å². The van der Waals surface area contributed by atoms with Crippen LogP contribution in [-0.2, 0) is 6.42 Å². The van der Waals surface area contributed by atoms with Gasteiger partial charge in [0.2, 0.25) is 0 Å². The fourth-order valence-electron chi connectivity index (χ4n) is 2.80. The second-order valence-electron chi connectivity index (χ2n) is 5.59. The van der Waals surface area contributed by atoms with Crippen molar-refractivity contribution in [1.82, 2.24) is 4.90 Å². The van der Waals surface area contributed by atoms with Gasteiger partial charge < -0.3 is 5.11 Å². The molecule has 1 aromatic rings. The van der Waals surface area contributed by atoms with E-state index in [9.17, 15) is 5.11 Å². The number of halogens is 2. The SMILES string of the molecule is OC1(Cc2ccc(Br)cc2Cl)CCN(C2CC2)C1. The summed E-state index contributed by atoms with van der Waals surface area (Å²) < 4.78 is 0.981. The molecule has 1 unspecified atom stereocenters. The number of benzene rings is 1. The van der Waals surface area contributed by atoms with Crippen LogP contribution in [0.25, 0.3) is 0 Å². The number of hydrogen-bond donors (Lipinski definition) is 1. The van der Waals surface area contributed by atoms with Crippen LogP contribution in [0.4, 0.5) is 0 Å². The van der Waals surface area contributed by atoms with Gasteiger partial charge in [-0.3, -0.25) is 4.90 Å². The first-order chi connectivity index (χ1) is 8.56. The molecule has 18 heavy (non-hydrogen) atoms. The van der Waals surface area contributed by atoms with Gasteiger partial charge in [-0.25, -0.2) is 0 Å². The first kappa shape index (κ1) is 12.9. The molecule has 4 heteroatoms. The van der Waals surface area contributed by atoms with E-state index in [1.165, 1.54) is 12.8 Å². The van der Waals surface area contributed by atoms with Crippen molar-refractivity contribution >= 4 is 27.5 Å². The van der Waals surface area contributed by atoms with E-state index >= 15 is 0 Å². The summed E-state index contributed by atoms with van der Waals surface area (Å²) in [5.41, 5.74) is 0.445. The third kappa shape index (κ3) is 2.74. The standard InChI is InChI=1S/C14H17BrClNO/c15-11-2-1-10(13(16)7-11)8-14(18)5-6-17(9-14)12-3-4-12/h1-2,7,12,18H,3-6,8-9H2. The Morgan fingerprint density at radius 1 is 1.44 bits per heavy atom. The van der Waals surface area contributed by atoms with E-state index < -0.39 is 5.60 Å². The number of aliphatic hydroxyl groups is 1. The van der Waals surface area contributed by atoms with Crippen LogP contribution in [0.2, 0.25) is 5.02 Å². The minimum atomic E-state index is -0.597. The van der Waals surface area contributed by atoms with Gasteiger partial charge in [-0.1, -0.05) is 33.6 Å². The lowest BCUT2D eigenvalue weighted by atomic mass is 9.94. The average molecular weight is 331 g/mol. The quantitative estimate of drug-likeness (QED) is 0.919. The number of rotatable bonds is 3. The number of likely N-dealkylation sites (tertiary alicyclic amines) is 1. The molecule has 2 fully saturated rings.